The van der Waals surface area contributed by atoms with E-state index in [9.17, 15) is 19.2 Å². The van der Waals surface area contributed by atoms with Crippen LogP contribution in [0.4, 0.5) is 0 Å². The van der Waals surface area contributed by atoms with Crippen LogP contribution in [0.5, 0.6) is 0 Å². The Hall–Kier alpha value is -2.90. The molecule has 8 heteroatoms. The second-order valence-corrected chi connectivity index (χ2v) is 8.44. The first-order chi connectivity index (χ1) is 13.9. The molecular weight excluding hydrogens is 388 g/mol. The molecule has 0 radical (unpaired) electrons. The van der Waals surface area contributed by atoms with Gasteiger partial charge in [-0.2, -0.15) is 0 Å². The Bertz CT molecular complexity index is 750. The van der Waals surface area contributed by atoms with E-state index in [2.05, 4.69) is 36.1 Å². The minimum Gasteiger partial charge on any atom is -0.467 e. The Balaban J connectivity index is 2.46. The van der Waals surface area contributed by atoms with Gasteiger partial charge in [-0.25, -0.2) is 4.79 Å². The third-order valence-corrected chi connectivity index (χ3v) is 4.30. The number of methoxy groups -OCH3 is 1. The van der Waals surface area contributed by atoms with Gasteiger partial charge in [0.05, 0.1) is 7.11 Å². The molecule has 0 saturated heterocycles. The van der Waals surface area contributed by atoms with Gasteiger partial charge in [-0.3, -0.25) is 14.4 Å². The maximum Gasteiger partial charge on any atom is 0.328 e. The Labute approximate surface area is 177 Å². The van der Waals surface area contributed by atoms with E-state index in [1.165, 1.54) is 7.11 Å². The first-order valence-electron chi connectivity index (χ1n) is 9.85. The quantitative estimate of drug-likeness (QED) is 0.591. The molecule has 0 aliphatic carbocycles. The predicted molar refractivity (Wildman–Crippen MR) is 112 cm³/mol. The number of esters is 2. The van der Waals surface area contributed by atoms with E-state index < -0.39 is 36.4 Å². The lowest BCUT2D eigenvalue weighted by molar-refractivity contribution is -0.149. The van der Waals surface area contributed by atoms with Crippen molar-refractivity contribution in [2.45, 2.75) is 52.5 Å². The van der Waals surface area contributed by atoms with Crippen molar-refractivity contribution in [3.05, 3.63) is 35.4 Å². The average molecular weight is 421 g/mol. The summed E-state index contributed by atoms with van der Waals surface area (Å²) in [6.45, 7) is 9.10. The lowest BCUT2D eigenvalue weighted by atomic mass is 9.87. The second-order valence-electron chi connectivity index (χ2n) is 8.44. The molecule has 166 valence electrons. The van der Waals surface area contributed by atoms with Crippen LogP contribution in [0.3, 0.4) is 0 Å². The number of rotatable bonds is 9. The standard InChI is InChI=1S/C22H32N2O6/c1-14(2)11-17(21(28)29-6)24-18(25)13-30-19(26)12-23-20(27)15-7-9-16(10-8-15)22(3,4)5/h7-10,14,17H,11-13H2,1-6H3,(H,23,27)(H,24,25)/t17-/m0/s1. The van der Waals surface area contributed by atoms with Crippen LogP contribution in [-0.4, -0.2) is 50.1 Å². The molecule has 0 aliphatic heterocycles. The van der Waals surface area contributed by atoms with Crippen LogP contribution < -0.4 is 10.6 Å². The second kappa shape index (κ2) is 11.3. The van der Waals surface area contributed by atoms with E-state index in [0.29, 0.717) is 12.0 Å². The molecular formula is C22H32N2O6. The molecule has 2 amide bonds. The van der Waals surface area contributed by atoms with Gasteiger partial charge in [0.25, 0.3) is 11.8 Å². The number of amides is 2. The van der Waals surface area contributed by atoms with Crippen molar-refractivity contribution >= 4 is 23.8 Å². The molecule has 1 rings (SSSR count). The molecule has 0 aromatic heterocycles. The van der Waals surface area contributed by atoms with Crippen molar-refractivity contribution in [3.8, 4) is 0 Å². The molecule has 0 aliphatic rings. The van der Waals surface area contributed by atoms with Crippen molar-refractivity contribution < 1.29 is 28.7 Å². The Morgan fingerprint density at radius 1 is 1.03 bits per heavy atom. The molecule has 0 unspecified atom stereocenters. The zero-order chi connectivity index (χ0) is 22.9. The molecule has 30 heavy (non-hydrogen) atoms. The highest BCUT2D eigenvalue weighted by Crippen LogP contribution is 2.22. The molecule has 1 aromatic carbocycles. The summed E-state index contributed by atoms with van der Waals surface area (Å²) in [5.74, 6) is -2.20. The normalized spacial score (nSPS) is 12.1. The van der Waals surface area contributed by atoms with Gasteiger partial charge in [-0.05, 0) is 35.4 Å². The Kier molecular flexibility index (Phi) is 9.49. The van der Waals surface area contributed by atoms with Crippen molar-refractivity contribution in [1.29, 1.82) is 0 Å². The Morgan fingerprint density at radius 2 is 1.63 bits per heavy atom. The largest absolute Gasteiger partial charge is 0.467 e. The van der Waals surface area contributed by atoms with Crippen LogP contribution in [0, 0.1) is 5.92 Å². The van der Waals surface area contributed by atoms with E-state index in [0.717, 1.165) is 5.56 Å². The van der Waals surface area contributed by atoms with E-state index in [4.69, 9.17) is 4.74 Å². The minimum absolute atomic E-state index is 0.0264. The van der Waals surface area contributed by atoms with Gasteiger partial charge in [0.2, 0.25) is 0 Å². The molecule has 8 nitrogen and oxygen atoms in total. The maximum absolute atomic E-state index is 12.2. The first-order valence-corrected chi connectivity index (χ1v) is 9.85. The molecule has 2 N–H and O–H groups in total. The summed E-state index contributed by atoms with van der Waals surface area (Å²) in [4.78, 5) is 47.6. The molecule has 0 fully saturated rings. The van der Waals surface area contributed by atoms with E-state index >= 15 is 0 Å². The van der Waals surface area contributed by atoms with E-state index in [1.807, 2.05) is 26.0 Å². The fourth-order valence-electron chi connectivity index (χ4n) is 2.64. The van der Waals surface area contributed by atoms with Crippen molar-refractivity contribution in [2.75, 3.05) is 20.3 Å². The fourth-order valence-corrected chi connectivity index (χ4v) is 2.64. The van der Waals surface area contributed by atoms with Gasteiger partial charge in [0.15, 0.2) is 6.61 Å². The maximum atomic E-state index is 12.2. The van der Waals surface area contributed by atoms with Crippen LogP contribution in [0.15, 0.2) is 24.3 Å². The average Bonchev–Trinajstić information content (AvgIpc) is 2.68. The topological polar surface area (TPSA) is 111 Å². The van der Waals surface area contributed by atoms with Gasteiger partial charge >= 0.3 is 11.9 Å². The smallest absolute Gasteiger partial charge is 0.328 e. The number of carbonyl (C=O) groups excluding carboxylic acids is 4. The van der Waals surface area contributed by atoms with Crippen molar-refractivity contribution in [3.63, 3.8) is 0 Å². The SMILES string of the molecule is COC(=O)[C@H](CC(C)C)NC(=O)COC(=O)CNC(=O)c1ccc(C(C)(C)C)cc1. The summed E-state index contributed by atoms with van der Waals surface area (Å²) in [5.41, 5.74) is 1.48. The van der Waals surface area contributed by atoms with Crippen LogP contribution in [-0.2, 0) is 29.3 Å². The zero-order valence-electron chi connectivity index (χ0n) is 18.5. The van der Waals surface area contributed by atoms with Crippen LogP contribution in [0.25, 0.3) is 0 Å². The third kappa shape index (κ3) is 8.63. The third-order valence-electron chi connectivity index (χ3n) is 4.30. The number of hydrogen-bond acceptors (Lipinski definition) is 6. The summed E-state index contributed by atoms with van der Waals surface area (Å²) in [7, 11) is 1.24. The lowest BCUT2D eigenvalue weighted by Gasteiger charge is -2.19. The van der Waals surface area contributed by atoms with Gasteiger partial charge in [0.1, 0.15) is 12.6 Å². The molecule has 0 spiro atoms. The molecule has 0 saturated carbocycles. The number of hydrogen-bond donors (Lipinski definition) is 2. The number of benzene rings is 1. The van der Waals surface area contributed by atoms with Crippen LogP contribution in [0.2, 0.25) is 0 Å². The highest BCUT2D eigenvalue weighted by atomic mass is 16.5. The van der Waals surface area contributed by atoms with Crippen LogP contribution >= 0.6 is 0 Å². The fraction of sp³-hybridized carbons (Fsp3) is 0.545. The summed E-state index contributed by atoms with van der Waals surface area (Å²) in [6, 6.07) is 6.31. The summed E-state index contributed by atoms with van der Waals surface area (Å²) < 4.78 is 9.52. The highest BCUT2D eigenvalue weighted by Gasteiger charge is 2.23. The molecule has 0 bridgehead atoms. The number of carbonyl (C=O) groups is 4. The van der Waals surface area contributed by atoms with Gasteiger partial charge < -0.3 is 20.1 Å². The van der Waals surface area contributed by atoms with Gasteiger partial charge in [-0.1, -0.05) is 46.8 Å². The number of ether oxygens (including phenoxy) is 2. The van der Waals surface area contributed by atoms with Crippen molar-refractivity contribution in [2.24, 2.45) is 5.92 Å². The molecule has 1 atom stereocenters. The summed E-state index contributed by atoms with van der Waals surface area (Å²) in [6.07, 6.45) is 0.399. The molecule has 0 heterocycles. The summed E-state index contributed by atoms with van der Waals surface area (Å²) >= 11 is 0. The van der Waals surface area contributed by atoms with Gasteiger partial charge in [0, 0.05) is 5.56 Å². The van der Waals surface area contributed by atoms with Crippen LogP contribution in [0.1, 0.15) is 57.0 Å². The monoisotopic (exact) mass is 420 g/mol. The zero-order valence-corrected chi connectivity index (χ0v) is 18.5. The highest BCUT2D eigenvalue weighted by molar-refractivity contribution is 5.96. The van der Waals surface area contributed by atoms with E-state index in [-0.39, 0.29) is 17.9 Å². The predicted octanol–water partition coefficient (Wildman–Crippen LogP) is 1.96. The minimum atomic E-state index is -0.808. The summed E-state index contributed by atoms with van der Waals surface area (Å²) in [5, 5.41) is 4.94. The van der Waals surface area contributed by atoms with E-state index in [1.54, 1.807) is 12.1 Å². The molecule has 1 aromatic rings. The van der Waals surface area contributed by atoms with Crippen molar-refractivity contribution in [1.82, 2.24) is 10.6 Å². The lowest BCUT2D eigenvalue weighted by Crippen LogP contribution is -2.44. The van der Waals surface area contributed by atoms with Gasteiger partial charge in [-0.15, -0.1) is 0 Å². The number of nitrogens with one attached hydrogen (secondary N) is 2. The first kappa shape index (κ1) is 25.1. The Morgan fingerprint density at radius 3 is 2.13 bits per heavy atom.